The largest absolute Gasteiger partial charge is 0.495 e. The third-order valence-corrected chi connectivity index (χ3v) is 3.84. The predicted octanol–water partition coefficient (Wildman–Crippen LogP) is 2.71. The van der Waals surface area contributed by atoms with Gasteiger partial charge in [0.15, 0.2) is 0 Å². The van der Waals surface area contributed by atoms with E-state index in [0.29, 0.717) is 5.75 Å². The number of methoxy groups -OCH3 is 1. The van der Waals surface area contributed by atoms with Crippen LogP contribution in [-0.4, -0.2) is 12.1 Å². The molecule has 1 aromatic heterocycles. The number of aromatic nitrogens is 1. The predicted molar refractivity (Wildman–Crippen MR) is 78.8 cm³/mol. The van der Waals surface area contributed by atoms with E-state index in [-0.39, 0.29) is 6.04 Å². The Morgan fingerprint density at radius 3 is 2.79 bits per heavy atom. The number of nitrogens with zero attached hydrogens (tertiary/aromatic N) is 1. The fourth-order valence-electron chi connectivity index (χ4n) is 1.91. The fourth-order valence-corrected chi connectivity index (χ4v) is 2.31. The molecule has 0 spiro atoms. The van der Waals surface area contributed by atoms with Gasteiger partial charge in [0, 0.05) is 10.7 Å². The van der Waals surface area contributed by atoms with Crippen LogP contribution in [0, 0.1) is 6.92 Å². The number of hydrazine groups is 1. The maximum atomic E-state index is 5.69. The highest BCUT2D eigenvalue weighted by molar-refractivity contribution is 9.10. The van der Waals surface area contributed by atoms with E-state index in [9.17, 15) is 0 Å². The zero-order valence-corrected chi connectivity index (χ0v) is 12.4. The van der Waals surface area contributed by atoms with E-state index in [1.54, 1.807) is 13.3 Å². The summed E-state index contributed by atoms with van der Waals surface area (Å²) in [5.41, 5.74) is 5.76. The lowest BCUT2D eigenvalue weighted by atomic mass is 10.0. The number of nitrogens with two attached hydrogens (primary N) is 1. The average Bonchev–Trinajstić information content (AvgIpc) is 2.44. The first-order chi connectivity index (χ1) is 9.17. The number of rotatable bonds is 4. The number of hydrogen-bond acceptors (Lipinski definition) is 4. The first-order valence-electron chi connectivity index (χ1n) is 5.88. The molecular formula is C14H16BrN3O. The van der Waals surface area contributed by atoms with Crippen LogP contribution in [0.4, 0.5) is 0 Å². The van der Waals surface area contributed by atoms with Gasteiger partial charge in [0.1, 0.15) is 11.4 Å². The van der Waals surface area contributed by atoms with Gasteiger partial charge >= 0.3 is 0 Å². The van der Waals surface area contributed by atoms with E-state index in [1.165, 1.54) is 5.56 Å². The molecule has 1 unspecified atom stereocenters. The molecule has 1 atom stereocenters. The first-order valence-corrected chi connectivity index (χ1v) is 6.67. The third kappa shape index (κ3) is 2.94. The molecule has 5 heteroatoms. The molecule has 3 N–H and O–H groups in total. The second kappa shape index (κ2) is 6.14. The van der Waals surface area contributed by atoms with E-state index in [1.807, 2.05) is 37.3 Å². The molecule has 0 radical (unpaired) electrons. The van der Waals surface area contributed by atoms with E-state index in [0.717, 1.165) is 15.7 Å². The Kier molecular flexibility index (Phi) is 4.52. The minimum Gasteiger partial charge on any atom is -0.495 e. The van der Waals surface area contributed by atoms with Crippen LogP contribution in [0.25, 0.3) is 0 Å². The van der Waals surface area contributed by atoms with Crippen LogP contribution in [0.15, 0.2) is 41.0 Å². The van der Waals surface area contributed by atoms with E-state index >= 15 is 0 Å². The maximum Gasteiger partial charge on any atom is 0.142 e. The Morgan fingerprint density at radius 2 is 2.16 bits per heavy atom. The van der Waals surface area contributed by atoms with Crippen molar-refractivity contribution < 1.29 is 4.74 Å². The van der Waals surface area contributed by atoms with Gasteiger partial charge in [0.25, 0.3) is 0 Å². The van der Waals surface area contributed by atoms with E-state index < -0.39 is 0 Å². The molecule has 2 aromatic rings. The highest BCUT2D eigenvalue weighted by Crippen LogP contribution is 2.29. The summed E-state index contributed by atoms with van der Waals surface area (Å²) in [6.45, 7) is 2.04. The number of ether oxygens (including phenoxy) is 1. The quantitative estimate of drug-likeness (QED) is 0.671. The van der Waals surface area contributed by atoms with Crippen molar-refractivity contribution in [2.75, 3.05) is 7.11 Å². The summed E-state index contributed by atoms with van der Waals surface area (Å²) in [5.74, 6) is 6.40. The van der Waals surface area contributed by atoms with Gasteiger partial charge in [-0.2, -0.15) is 0 Å². The van der Waals surface area contributed by atoms with Gasteiger partial charge < -0.3 is 4.74 Å². The minimum absolute atomic E-state index is 0.215. The van der Waals surface area contributed by atoms with Crippen LogP contribution in [-0.2, 0) is 0 Å². The molecular weight excluding hydrogens is 306 g/mol. The van der Waals surface area contributed by atoms with Gasteiger partial charge in [-0.05, 0) is 36.2 Å². The molecule has 0 aliphatic carbocycles. The van der Waals surface area contributed by atoms with Crippen molar-refractivity contribution in [2.24, 2.45) is 5.84 Å². The Bertz CT molecular complexity index is 574. The smallest absolute Gasteiger partial charge is 0.142 e. The molecule has 1 aromatic carbocycles. The second-order valence-electron chi connectivity index (χ2n) is 4.20. The minimum atomic E-state index is -0.215. The fraction of sp³-hybridized carbons (Fsp3) is 0.214. The zero-order chi connectivity index (χ0) is 13.8. The molecule has 0 saturated heterocycles. The molecule has 0 aliphatic heterocycles. The SMILES string of the molecule is COc1cccnc1C(NN)c1ccc(C)c(Br)c1. The Balaban J connectivity index is 2.46. The summed E-state index contributed by atoms with van der Waals surface area (Å²) < 4.78 is 6.38. The molecule has 0 bridgehead atoms. The Hall–Kier alpha value is -1.43. The van der Waals surface area contributed by atoms with Crippen LogP contribution < -0.4 is 16.0 Å². The number of benzene rings is 1. The van der Waals surface area contributed by atoms with E-state index in [4.69, 9.17) is 10.6 Å². The molecule has 2 rings (SSSR count). The molecule has 0 aliphatic rings. The third-order valence-electron chi connectivity index (χ3n) is 2.99. The lowest BCUT2D eigenvalue weighted by Crippen LogP contribution is -2.29. The van der Waals surface area contributed by atoms with Crippen molar-refractivity contribution in [1.29, 1.82) is 0 Å². The number of halogens is 1. The van der Waals surface area contributed by atoms with Crippen LogP contribution >= 0.6 is 15.9 Å². The summed E-state index contributed by atoms with van der Waals surface area (Å²) in [5, 5.41) is 0. The Morgan fingerprint density at radius 1 is 1.37 bits per heavy atom. The molecule has 0 fully saturated rings. The zero-order valence-electron chi connectivity index (χ0n) is 10.9. The number of pyridine rings is 1. The van der Waals surface area contributed by atoms with Crippen LogP contribution in [0.5, 0.6) is 5.75 Å². The van der Waals surface area contributed by atoms with Crippen molar-refractivity contribution in [3.8, 4) is 5.75 Å². The van der Waals surface area contributed by atoms with Gasteiger partial charge in [-0.15, -0.1) is 0 Å². The summed E-state index contributed by atoms with van der Waals surface area (Å²) in [6.07, 6.45) is 1.73. The van der Waals surface area contributed by atoms with Crippen LogP contribution in [0.1, 0.15) is 22.9 Å². The van der Waals surface area contributed by atoms with Gasteiger partial charge in [-0.25, -0.2) is 5.43 Å². The monoisotopic (exact) mass is 321 g/mol. The molecule has 0 amide bonds. The normalized spacial score (nSPS) is 12.2. The average molecular weight is 322 g/mol. The highest BCUT2D eigenvalue weighted by Gasteiger charge is 2.18. The van der Waals surface area contributed by atoms with Gasteiger partial charge in [0.05, 0.1) is 13.2 Å². The van der Waals surface area contributed by atoms with Crippen LogP contribution in [0.3, 0.4) is 0 Å². The molecule has 4 nitrogen and oxygen atoms in total. The Labute approximate surface area is 121 Å². The van der Waals surface area contributed by atoms with Gasteiger partial charge in [-0.3, -0.25) is 10.8 Å². The topological polar surface area (TPSA) is 60.2 Å². The maximum absolute atomic E-state index is 5.69. The summed E-state index contributed by atoms with van der Waals surface area (Å²) in [7, 11) is 1.62. The lowest BCUT2D eigenvalue weighted by Gasteiger charge is -2.18. The molecule has 0 saturated carbocycles. The van der Waals surface area contributed by atoms with Crippen LogP contribution in [0.2, 0.25) is 0 Å². The summed E-state index contributed by atoms with van der Waals surface area (Å²) in [4.78, 5) is 4.37. The molecule has 1 heterocycles. The summed E-state index contributed by atoms with van der Waals surface area (Å²) >= 11 is 3.53. The number of hydrogen-bond donors (Lipinski definition) is 2. The standard InChI is InChI=1S/C14H16BrN3O/c1-9-5-6-10(8-11(9)15)13(18-16)14-12(19-2)4-3-7-17-14/h3-8,13,18H,16H2,1-2H3. The van der Waals surface area contributed by atoms with Crippen molar-refractivity contribution in [1.82, 2.24) is 10.4 Å². The van der Waals surface area contributed by atoms with Crippen molar-refractivity contribution >= 4 is 15.9 Å². The van der Waals surface area contributed by atoms with Crippen molar-refractivity contribution in [2.45, 2.75) is 13.0 Å². The van der Waals surface area contributed by atoms with Gasteiger partial charge in [0.2, 0.25) is 0 Å². The molecule has 100 valence electrons. The van der Waals surface area contributed by atoms with Crippen molar-refractivity contribution in [3.05, 3.63) is 57.8 Å². The summed E-state index contributed by atoms with van der Waals surface area (Å²) in [6, 6.07) is 9.59. The molecule has 19 heavy (non-hydrogen) atoms. The second-order valence-corrected chi connectivity index (χ2v) is 5.05. The number of aryl methyl sites for hydroxylation is 1. The highest BCUT2D eigenvalue weighted by atomic mass is 79.9. The lowest BCUT2D eigenvalue weighted by molar-refractivity contribution is 0.400. The first kappa shape index (κ1) is 14.0. The number of nitrogens with one attached hydrogen (secondary N) is 1. The van der Waals surface area contributed by atoms with Crippen molar-refractivity contribution in [3.63, 3.8) is 0 Å². The van der Waals surface area contributed by atoms with E-state index in [2.05, 4.69) is 26.3 Å². The van der Waals surface area contributed by atoms with Gasteiger partial charge in [-0.1, -0.05) is 28.1 Å².